The van der Waals surface area contributed by atoms with Gasteiger partial charge in [0, 0.05) is 57.1 Å². The molecule has 2 aliphatic rings. The maximum atomic E-state index is 12.2. The van der Waals surface area contributed by atoms with Crippen LogP contribution in [-0.4, -0.2) is 62.0 Å². The Morgan fingerprint density at radius 2 is 1.86 bits per heavy atom. The van der Waals surface area contributed by atoms with Crippen molar-refractivity contribution >= 4 is 17.3 Å². The largest absolute Gasteiger partial charge is 0.399 e. The first-order valence-corrected chi connectivity index (χ1v) is 7.73. The lowest BCUT2D eigenvalue weighted by molar-refractivity contribution is -0.119. The van der Waals surface area contributed by atoms with Crippen LogP contribution in [0.3, 0.4) is 0 Å². The SMILES string of the molecule is CN1CCN(CCN2C(=O)CCc3cc(N)ccc32)CC1. The second-order valence-electron chi connectivity index (χ2n) is 6.08. The smallest absolute Gasteiger partial charge is 0.227 e. The van der Waals surface area contributed by atoms with Crippen molar-refractivity contribution < 1.29 is 4.79 Å². The van der Waals surface area contributed by atoms with Gasteiger partial charge in [0.2, 0.25) is 5.91 Å². The Morgan fingerprint density at radius 1 is 1.10 bits per heavy atom. The highest BCUT2D eigenvalue weighted by atomic mass is 16.2. The minimum Gasteiger partial charge on any atom is -0.399 e. The third-order valence-corrected chi connectivity index (χ3v) is 4.54. The Bertz CT molecular complexity index is 523. The molecule has 21 heavy (non-hydrogen) atoms. The zero-order valence-corrected chi connectivity index (χ0v) is 12.7. The highest BCUT2D eigenvalue weighted by Crippen LogP contribution is 2.29. The molecule has 0 saturated carbocycles. The Balaban J connectivity index is 1.66. The minimum absolute atomic E-state index is 0.237. The van der Waals surface area contributed by atoms with Crippen LogP contribution in [0.25, 0.3) is 0 Å². The van der Waals surface area contributed by atoms with Gasteiger partial charge < -0.3 is 15.5 Å². The summed E-state index contributed by atoms with van der Waals surface area (Å²) in [7, 11) is 2.16. The molecule has 1 amide bonds. The summed E-state index contributed by atoms with van der Waals surface area (Å²) in [5, 5.41) is 0. The predicted molar refractivity (Wildman–Crippen MR) is 85.5 cm³/mol. The summed E-state index contributed by atoms with van der Waals surface area (Å²) in [6, 6.07) is 5.89. The molecule has 5 nitrogen and oxygen atoms in total. The number of hydrogen-bond acceptors (Lipinski definition) is 4. The van der Waals surface area contributed by atoms with Gasteiger partial charge in [-0.1, -0.05) is 0 Å². The summed E-state index contributed by atoms with van der Waals surface area (Å²) in [5.74, 6) is 0.237. The van der Waals surface area contributed by atoms with Crippen molar-refractivity contribution in [1.29, 1.82) is 0 Å². The van der Waals surface area contributed by atoms with Gasteiger partial charge in [-0.05, 0) is 37.2 Å². The third-order valence-electron chi connectivity index (χ3n) is 4.54. The third kappa shape index (κ3) is 3.19. The van der Waals surface area contributed by atoms with Gasteiger partial charge in [-0.3, -0.25) is 9.69 Å². The van der Waals surface area contributed by atoms with E-state index < -0.39 is 0 Å². The number of nitrogens with two attached hydrogens (primary N) is 1. The number of amides is 1. The van der Waals surface area contributed by atoms with Crippen LogP contribution in [-0.2, 0) is 11.2 Å². The van der Waals surface area contributed by atoms with E-state index in [1.807, 2.05) is 23.1 Å². The van der Waals surface area contributed by atoms with Gasteiger partial charge in [0.15, 0.2) is 0 Å². The molecule has 1 fully saturated rings. The first-order chi connectivity index (χ1) is 10.1. The average Bonchev–Trinajstić information content (AvgIpc) is 2.48. The van der Waals surface area contributed by atoms with E-state index in [0.29, 0.717) is 6.42 Å². The monoisotopic (exact) mass is 288 g/mol. The number of nitrogens with zero attached hydrogens (tertiary/aromatic N) is 3. The molecule has 2 heterocycles. The second-order valence-corrected chi connectivity index (χ2v) is 6.08. The van der Waals surface area contributed by atoms with E-state index in [9.17, 15) is 4.79 Å². The normalized spacial score (nSPS) is 20.6. The van der Waals surface area contributed by atoms with Gasteiger partial charge in [-0.2, -0.15) is 0 Å². The van der Waals surface area contributed by atoms with E-state index in [2.05, 4.69) is 16.8 Å². The lowest BCUT2D eigenvalue weighted by Crippen LogP contribution is -2.48. The molecule has 0 bridgehead atoms. The Morgan fingerprint density at radius 3 is 2.62 bits per heavy atom. The van der Waals surface area contributed by atoms with Crippen molar-refractivity contribution in [3.63, 3.8) is 0 Å². The lowest BCUT2D eigenvalue weighted by Gasteiger charge is -2.35. The van der Waals surface area contributed by atoms with Crippen molar-refractivity contribution in [1.82, 2.24) is 9.80 Å². The molecule has 1 aromatic rings. The summed E-state index contributed by atoms with van der Waals surface area (Å²) in [6.45, 7) is 6.13. The predicted octanol–water partition coefficient (Wildman–Crippen LogP) is 0.795. The highest BCUT2D eigenvalue weighted by molar-refractivity contribution is 5.96. The van der Waals surface area contributed by atoms with Crippen LogP contribution in [0.4, 0.5) is 11.4 Å². The number of carbonyl (C=O) groups excluding carboxylic acids is 1. The first-order valence-electron chi connectivity index (χ1n) is 7.73. The number of rotatable bonds is 3. The van der Waals surface area contributed by atoms with Crippen LogP contribution < -0.4 is 10.6 Å². The van der Waals surface area contributed by atoms with Gasteiger partial charge >= 0.3 is 0 Å². The number of benzene rings is 1. The highest BCUT2D eigenvalue weighted by Gasteiger charge is 2.25. The van der Waals surface area contributed by atoms with Crippen LogP contribution in [0.2, 0.25) is 0 Å². The molecule has 0 unspecified atom stereocenters. The van der Waals surface area contributed by atoms with Crippen molar-refractivity contribution in [3.05, 3.63) is 23.8 Å². The van der Waals surface area contributed by atoms with Crippen LogP contribution >= 0.6 is 0 Å². The molecule has 3 rings (SSSR count). The molecule has 2 N–H and O–H groups in total. The lowest BCUT2D eigenvalue weighted by atomic mass is 10.0. The van der Waals surface area contributed by atoms with Crippen molar-refractivity contribution in [2.45, 2.75) is 12.8 Å². The summed E-state index contributed by atoms with van der Waals surface area (Å²) in [5.41, 5.74) is 8.88. The summed E-state index contributed by atoms with van der Waals surface area (Å²) < 4.78 is 0. The van der Waals surface area contributed by atoms with Crippen LogP contribution in [0.15, 0.2) is 18.2 Å². The Kier molecular flexibility index (Phi) is 4.12. The number of hydrogen-bond donors (Lipinski definition) is 1. The zero-order valence-electron chi connectivity index (χ0n) is 12.7. The zero-order chi connectivity index (χ0) is 14.8. The molecule has 0 radical (unpaired) electrons. The average molecular weight is 288 g/mol. The molecular formula is C16H24N4O. The summed E-state index contributed by atoms with van der Waals surface area (Å²) in [6.07, 6.45) is 1.41. The van der Waals surface area contributed by atoms with Crippen LogP contribution in [0.1, 0.15) is 12.0 Å². The quantitative estimate of drug-likeness (QED) is 0.836. The number of anilines is 2. The van der Waals surface area contributed by atoms with Gasteiger partial charge in [0.25, 0.3) is 0 Å². The van der Waals surface area contributed by atoms with Gasteiger partial charge in [0.05, 0.1) is 0 Å². The van der Waals surface area contributed by atoms with Crippen molar-refractivity contribution in [2.75, 3.05) is 56.9 Å². The van der Waals surface area contributed by atoms with E-state index in [1.165, 1.54) is 5.56 Å². The fourth-order valence-corrected chi connectivity index (χ4v) is 3.14. The van der Waals surface area contributed by atoms with Crippen LogP contribution in [0, 0.1) is 0 Å². The summed E-state index contributed by atoms with van der Waals surface area (Å²) >= 11 is 0. The molecule has 0 aromatic heterocycles. The van der Waals surface area contributed by atoms with Crippen molar-refractivity contribution in [2.24, 2.45) is 0 Å². The van der Waals surface area contributed by atoms with Crippen molar-refractivity contribution in [3.8, 4) is 0 Å². The molecule has 0 atom stereocenters. The second kappa shape index (κ2) is 6.03. The molecule has 5 heteroatoms. The molecule has 114 valence electrons. The van der Waals surface area contributed by atoms with E-state index in [4.69, 9.17) is 5.73 Å². The number of aryl methyl sites for hydroxylation is 1. The maximum Gasteiger partial charge on any atom is 0.227 e. The van der Waals surface area contributed by atoms with Gasteiger partial charge in [-0.25, -0.2) is 0 Å². The number of fused-ring (bicyclic) bond motifs is 1. The molecule has 1 aromatic carbocycles. The number of likely N-dealkylation sites (N-methyl/N-ethyl adjacent to an activating group) is 1. The molecule has 0 spiro atoms. The summed E-state index contributed by atoms with van der Waals surface area (Å²) in [4.78, 5) is 19.0. The first kappa shape index (κ1) is 14.4. The topological polar surface area (TPSA) is 52.8 Å². The standard InChI is InChI=1S/C16H24N4O/c1-18-6-8-19(9-7-18)10-11-20-15-4-3-14(17)12-13(15)2-5-16(20)21/h3-4,12H,2,5-11,17H2,1H3. The molecule has 2 aliphatic heterocycles. The fourth-order valence-electron chi connectivity index (χ4n) is 3.14. The maximum absolute atomic E-state index is 12.2. The number of piperazine rings is 1. The molecule has 1 saturated heterocycles. The fraction of sp³-hybridized carbons (Fsp3) is 0.562. The van der Waals surface area contributed by atoms with E-state index in [-0.39, 0.29) is 5.91 Å². The number of carbonyl (C=O) groups is 1. The Labute approximate surface area is 126 Å². The van der Waals surface area contributed by atoms with Gasteiger partial charge in [0.1, 0.15) is 0 Å². The molecule has 0 aliphatic carbocycles. The minimum atomic E-state index is 0.237. The van der Waals surface area contributed by atoms with Crippen LogP contribution in [0.5, 0.6) is 0 Å². The van der Waals surface area contributed by atoms with E-state index in [1.54, 1.807) is 0 Å². The molecular weight excluding hydrogens is 264 g/mol. The Hall–Kier alpha value is -1.59. The van der Waals surface area contributed by atoms with E-state index >= 15 is 0 Å². The van der Waals surface area contributed by atoms with E-state index in [0.717, 1.165) is 57.1 Å². The van der Waals surface area contributed by atoms with Gasteiger partial charge in [-0.15, -0.1) is 0 Å². The number of nitrogen functional groups attached to an aromatic ring is 1.